The van der Waals surface area contributed by atoms with Crippen LogP contribution in [0, 0.1) is 12.3 Å². The number of ether oxygens (including phenoxy) is 1. The Hall–Kier alpha value is -2.24. The van der Waals surface area contributed by atoms with Crippen molar-refractivity contribution >= 4 is 35.0 Å². The van der Waals surface area contributed by atoms with E-state index in [1.165, 1.54) is 0 Å². The summed E-state index contributed by atoms with van der Waals surface area (Å²) in [4.78, 5) is 26.5. The summed E-state index contributed by atoms with van der Waals surface area (Å²) in [5, 5.41) is 1.18. The van der Waals surface area contributed by atoms with E-state index in [1.54, 1.807) is 41.3 Å². The number of rotatable bonds is 6. The normalized spacial score (nSPS) is 19.1. The highest BCUT2D eigenvalue weighted by atomic mass is 35.5. The standard InChI is InChI=1S/C22H24Cl2N2O3/c1-15-10-18(6-7-19(15)24)29-14-22(12-20(25)27)8-3-9-26(13-22)21(28)16-4-2-5-17(23)11-16/h2,4-7,10-11H,3,8-9,12-14H2,1H3,(H2,25,27)/t22-/m0/s1. The molecule has 154 valence electrons. The van der Waals surface area contributed by atoms with Gasteiger partial charge in [-0.3, -0.25) is 9.59 Å². The van der Waals surface area contributed by atoms with Crippen molar-refractivity contribution in [2.45, 2.75) is 26.2 Å². The molecule has 0 saturated carbocycles. The molecule has 0 aromatic heterocycles. The first-order valence-electron chi connectivity index (χ1n) is 9.50. The molecule has 1 atom stereocenters. The maximum atomic E-state index is 13.0. The number of halogens is 2. The Kier molecular flexibility index (Phi) is 6.70. The van der Waals surface area contributed by atoms with Crippen LogP contribution < -0.4 is 10.5 Å². The van der Waals surface area contributed by atoms with Gasteiger partial charge in [0.25, 0.3) is 5.91 Å². The zero-order valence-corrected chi connectivity index (χ0v) is 17.8. The molecule has 2 aromatic rings. The van der Waals surface area contributed by atoms with Gasteiger partial charge in [0.1, 0.15) is 5.75 Å². The van der Waals surface area contributed by atoms with Gasteiger partial charge in [-0.15, -0.1) is 0 Å². The second-order valence-corrected chi connectivity index (χ2v) is 8.53. The van der Waals surface area contributed by atoms with Gasteiger partial charge < -0.3 is 15.4 Å². The van der Waals surface area contributed by atoms with Crippen molar-refractivity contribution in [3.05, 3.63) is 63.6 Å². The van der Waals surface area contributed by atoms with Crippen LogP contribution in [0.25, 0.3) is 0 Å². The molecule has 1 aliphatic rings. The van der Waals surface area contributed by atoms with Crippen LogP contribution in [0.2, 0.25) is 10.0 Å². The van der Waals surface area contributed by atoms with Crippen molar-refractivity contribution in [1.29, 1.82) is 0 Å². The number of amides is 2. The van der Waals surface area contributed by atoms with E-state index in [4.69, 9.17) is 33.7 Å². The van der Waals surface area contributed by atoms with Crippen LogP contribution in [0.3, 0.4) is 0 Å². The molecule has 2 amide bonds. The van der Waals surface area contributed by atoms with Crippen molar-refractivity contribution in [3.8, 4) is 5.75 Å². The number of piperidine rings is 1. The minimum atomic E-state index is -0.536. The molecule has 1 aliphatic heterocycles. The lowest BCUT2D eigenvalue weighted by Gasteiger charge is -2.42. The zero-order chi connectivity index (χ0) is 21.0. The molecule has 0 spiro atoms. The molecular weight excluding hydrogens is 411 g/mol. The van der Waals surface area contributed by atoms with E-state index < -0.39 is 11.3 Å². The third-order valence-corrected chi connectivity index (χ3v) is 5.90. The van der Waals surface area contributed by atoms with Crippen LogP contribution in [-0.4, -0.2) is 36.4 Å². The number of carbonyl (C=O) groups excluding carboxylic acids is 2. The molecule has 1 heterocycles. The van der Waals surface area contributed by atoms with Gasteiger partial charge in [-0.2, -0.15) is 0 Å². The molecule has 29 heavy (non-hydrogen) atoms. The molecule has 2 N–H and O–H groups in total. The molecule has 2 aromatic carbocycles. The number of benzene rings is 2. The topological polar surface area (TPSA) is 72.6 Å². The maximum Gasteiger partial charge on any atom is 0.253 e. The first-order valence-corrected chi connectivity index (χ1v) is 10.3. The van der Waals surface area contributed by atoms with Gasteiger partial charge >= 0.3 is 0 Å². The Bertz CT molecular complexity index is 919. The number of hydrogen-bond donors (Lipinski definition) is 1. The zero-order valence-electron chi connectivity index (χ0n) is 16.3. The Morgan fingerprint density at radius 1 is 1.21 bits per heavy atom. The molecule has 0 unspecified atom stereocenters. The second-order valence-electron chi connectivity index (χ2n) is 7.68. The van der Waals surface area contributed by atoms with Crippen molar-refractivity contribution in [1.82, 2.24) is 4.90 Å². The van der Waals surface area contributed by atoms with Crippen LogP contribution in [0.15, 0.2) is 42.5 Å². The van der Waals surface area contributed by atoms with E-state index in [2.05, 4.69) is 0 Å². The minimum absolute atomic E-state index is 0.108. The second kappa shape index (κ2) is 9.06. The summed E-state index contributed by atoms with van der Waals surface area (Å²) in [6.45, 7) is 3.20. The van der Waals surface area contributed by atoms with Crippen LogP contribution in [0.4, 0.5) is 0 Å². The fourth-order valence-electron chi connectivity index (χ4n) is 3.81. The van der Waals surface area contributed by atoms with E-state index in [1.807, 2.05) is 13.0 Å². The summed E-state index contributed by atoms with van der Waals surface area (Å²) < 4.78 is 6.01. The molecule has 0 radical (unpaired) electrons. The summed E-state index contributed by atoms with van der Waals surface area (Å²) in [6, 6.07) is 12.3. The highest BCUT2D eigenvalue weighted by Gasteiger charge is 2.39. The summed E-state index contributed by atoms with van der Waals surface area (Å²) in [7, 11) is 0. The fraction of sp³-hybridized carbons (Fsp3) is 0.364. The third kappa shape index (κ3) is 5.43. The number of likely N-dealkylation sites (tertiary alicyclic amines) is 1. The molecule has 3 rings (SSSR count). The molecule has 7 heteroatoms. The number of hydrogen-bond acceptors (Lipinski definition) is 3. The molecular formula is C22H24Cl2N2O3. The van der Waals surface area contributed by atoms with Gasteiger partial charge in [-0.05, 0) is 61.7 Å². The predicted molar refractivity (Wildman–Crippen MR) is 115 cm³/mol. The Labute approximate surface area is 180 Å². The van der Waals surface area contributed by atoms with E-state index >= 15 is 0 Å². The van der Waals surface area contributed by atoms with Crippen LogP contribution in [0.1, 0.15) is 35.2 Å². The number of nitrogens with two attached hydrogens (primary N) is 1. The SMILES string of the molecule is Cc1cc(OC[C@]2(CC(N)=O)CCCN(C(=O)c3cccc(Cl)c3)C2)ccc1Cl. The van der Waals surface area contributed by atoms with Crippen LogP contribution in [-0.2, 0) is 4.79 Å². The Morgan fingerprint density at radius 2 is 2.00 bits per heavy atom. The Morgan fingerprint density at radius 3 is 2.69 bits per heavy atom. The minimum Gasteiger partial charge on any atom is -0.493 e. The predicted octanol–water partition coefficient (Wildman–Crippen LogP) is 4.48. The molecule has 5 nitrogen and oxygen atoms in total. The van der Waals surface area contributed by atoms with Crippen molar-refractivity contribution in [2.75, 3.05) is 19.7 Å². The van der Waals surface area contributed by atoms with Crippen molar-refractivity contribution in [3.63, 3.8) is 0 Å². The third-order valence-electron chi connectivity index (χ3n) is 5.24. The molecule has 1 fully saturated rings. The van der Waals surface area contributed by atoms with E-state index in [0.717, 1.165) is 18.4 Å². The van der Waals surface area contributed by atoms with Gasteiger partial charge in [0.2, 0.25) is 5.91 Å². The average Bonchev–Trinajstić information content (AvgIpc) is 2.68. The summed E-state index contributed by atoms with van der Waals surface area (Å²) in [5.41, 5.74) is 6.45. The Balaban J connectivity index is 1.78. The van der Waals surface area contributed by atoms with Gasteiger partial charge in [-0.25, -0.2) is 0 Å². The number of carbonyl (C=O) groups is 2. The average molecular weight is 435 g/mol. The summed E-state index contributed by atoms with van der Waals surface area (Å²) >= 11 is 12.1. The molecule has 1 saturated heterocycles. The monoisotopic (exact) mass is 434 g/mol. The first-order chi connectivity index (χ1) is 13.8. The lowest BCUT2D eigenvalue weighted by Crippen LogP contribution is -2.50. The summed E-state index contributed by atoms with van der Waals surface area (Å²) in [5.74, 6) is 0.162. The van der Waals surface area contributed by atoms with E-state index in [9.17, 15) is 9.59 Å². The molecule has 0 bridgehead atoms. The summed E-state index contributed by atoms with van der Waals surface area (Å²) in [6.07, 6.45) is 1.67. The van der Waals surface area contributed by atoms with Crippen molar-refractivity contribution in [2.24, 2.45) is 11.1 Å². The van der Waals surface area contributed by atoms with Crippen molar-refractivity contribution < 1.29 is 14.3 Å². The largest absolute Gasteiger partial charge is 0.493 e. The van der Waals surface area contributed by atoms with Gasteiger partial charge in [0.05, 0.1) is 6.61 Å². The number of nitrogens with zero attached hydrogens (tertiary/aromatic N) is 1. The molecule has 0 aliphatic carbocycles. The van der Waals surface area contributed by atoms with E-state index in [-0.39, 0.29) is 18.9 Å². The fourth-order valence-corrected chi connectivity index (χ4v) is 4.12. The lowest BCUT2D eigenvalue weighted by atomic mass is 9.77. The first kappa shape index (κ1) is 21.5. The highest BCUT2D eigenvalue weighted by Crippen LogP contribution is 2.35. The van der Waals surface area contributed by atoms with Gasteiger partial charge in [0.15, 0.2) is 0 Å². The van der Waals surface area contributed by atoms with Crippen LogP contribution >= 0.6 is 23.2 Å². The van der Waals surface area contributed by atoms with Gasteiger partial charge in [0, 0.05) is 40.5 Å². The van der Waals surface area contributed by atoms with Crippen LogP contribution in [0.5, 0.6) is 5.75 Å². The number of aryl methyl sites for hydroxylation is 1. The number of primary amides is 1. The highest BCUT2D eigenvalue weighted by molar-refractivity contribution is 6.31. The van der Waals surface area contributed by atoms with Gasteiger partial charge in [-0.1, -0.05) is 29.3 Å². The van der Waals surface area contributed by atoms with E-state index in [0.29, 0.717) is 34.4 Å². The quantitative estimate of drug-likeness (QED) is 0.727. The smallest absolute Gasteiger partial charge is 0.253 e. The maximum absolute atomic E-state index is 13.0. The lowest BCUT2D eigenvalue weighted by molar-refractivity contribution is -0.122.